The predicted octanol–water partition coefficient (Wildman–Crippen LogP) is 1.76. The smallest absolute Gasteiger partial charge is 0.183 e. The van der Waals surface area contributed by atoms with Crippen LogP contribution >= 0.6 is 0 Å². The number of rotatable bonds is 7. The third kappa shape index (κ3) is 4.61. The highest BCUT2D eigenvalue weighted by molar-refractivity contribution is 7.96. The molecule has 1 fully saturated rings. The Morgan fingerprint density at radius 1 is 1.04 bits per heavy atom. The van der Waals surface area contributed by atoms with Crippen molar-refractivity contribution in [2.75, 3.05) is 25.1 Å². The average Bonchev–Trinajstić information content (AvgIpc) is 3.03. The summed E-state index contributed by atoms with van der Waals surface area (Å²) in [4.78, 5) is 6.05. The number of hydrogen-bond acceptors (Lipinski definition) is 6. The quantitative estimate of drug-likeness (QED) is 0.676. The lowest BCUT2D eigenvalue weighted by atomic mass is 10.1. The van der Waals surface area contributed by atoms with E-state index in [0.717, 1.165) is 17.5 Å². The second-order valence-electron chi connectivity index (χ2n) is 7.31. The van der Waals surface area contributed by atoms with Crippen LogP contribution in [0.4, 0.5) is 0 Å². The summed E-state index contributed by atoms with van der Waals surface area (Å²) in [7, 11) is -5.35. The Bertz CT molecular complexity index is 1000. The van der Waals surface area contributed by atoms with Crippen LogP contribution < -0.4 is 0 Å². The highest BCUT2D eigenvalue weighted by Crippen LogP contribution is 2.29. The van der Waals surface area contributed by atoms with E-state index in [2.05, 4.69) is 4.98 Å². The Balaban J connectivity index is 1.82. The van der Waals surface area contributed by atoms with Gasteiger partial charge in [-0.05, 0) is 55.3 Å². The van der Waals surface area contributed by atoms with Gasteiger partial charge in [0.1, 0.15) is 0 Å². The summed E-state index contributed by atoms with van der Waals surface area (Å²) in [6.45, 7) is 2.58. The lowest BCUT2D eigenvalue weighted by Crippen LogP contribution is -2.45. The van der Waals surface area contributed by atoms with Gasteiger partial charge in [-0.2, -0.15) is 0 Å². The summed E-state index contributed by atoms with van der Waals surface area (Å²) >= 11 is 0. The molecule has 1 aromatic heterocycles. The van der Waals surface area contributed by atoms with Gasteiger partial charge in [-0.25, -0.2) is 16.8 Å². The summed E-state index contributed by atoms with van der Waals surface area (Å²) in [6, 6.07) is 10.0. The molecule has 0 bridgehead atoms. The third-order valence-corrected chi connectivity index (χ3v) is 9.53. The molecule has 0 aliphatic carbocycles. The average molecular weight is 423 g/mol. The van der Waals surface area contributed by atoms with Crippen molar-refractivity contribution in [3.63, 3.8) is 0 Å². The molecule has 1 aromatic carbocycles. The Morgan fingerprint density at radius 3 is 2.29 bits per heavy atom. The van der Waals surface area contributed by atoms with E-state index in [1.807, 2.05) is 24.0 Å². The Labute approximate surface area is 167 Å². The summed E-state index contributed by atoms with van der Waals surface area (Å²) in [6.07, 6.45) is 4.94. The minimum Gasteiger partial charge on any atom is -0.301 e. The van der Waals surface area contributed by atoms with Crippen LogP contribution in [0.1, 0.15) is 18.1 Å². The van der Waals surface area contributed by atoms with Crippen LogP contribution in [0.25, 0.3) is 0 Å². The molecule has 0 amide bonds. The molecule has 152 valence electrons. The number of sulfone groups is 2. The fraction of sp³-hybridized carbons (Fsp3) is 0.450. The maximum atomic E-state index is 13.2. The van der Waals surface area contributed by atoms with Gasteiger partial charge in [-0.1, -0.05) is 19.1 Å². The fourth-order valence-corrected chi connectivity index (χ4v) is 8.52. The van der Waals surface area contributed by atoms with Gasteiger partial charge >= 0.3 is 0 Å². The minimum atomic E-state index is -3.74. The van der Waals surface area contributed by atoms with Crippen molar-refractivity contribution in [1.29, 1.82) is 0 Å². The molecule has 0 saturated carbocycles. The van der Waals surface area contributed by atoms with Gasteiger partial charge in [-0.15, -0.1) is 0 Å². The standard InChI is InChI=1S/C20H26N2O4S2/c1-3-16-4-6-18(7-5-16)28(25,26)20-15-27(23,24)14-19(20)22(2)13-10-17-8-11-21-12-9-17/h4-9,11-12,19-20H,3,10,13-15H2,1-2H3/t19-,20-/m1/s1. The number of pyridine rings is 1. The van der Waals surface area contributed by atoms with Gasteiger partial charge in [0.15, 0.2) is 19.7 Å². The second kappa shape index (κ2) is 8.31. The van der Waals surface area contributed by atoms with E-state index < -0.39 is 31.0 Å². The van der Waals surface area contributed by atoms with E-state index in [1.54, 1.807) is 43.7 Å². The van der Waals surface area contributed by atoms with E-state index in [9.17, 15) is 16.8 Å². The zero-order valence-electron chi connectivity index (χ0n) is 16.2. The van der Waals surface area contributed by atoms with E-state index in [4.69, 9.17) is 0 Å². The maximum Gasteiger partial charge on any atom is 0.183 e. The first kappa shape index (κ1) is 21.0. The van der Waals surface area contributed by atoms with Crippen molar-refractivity contribution in [2.45, 2.75) is 36.0 Å². The third-order valence-electron chi connectivity index (χ3n) is 5.40. The van der Waals surface area contributed by atoms with Gasteiger partial charge in [0, 0.05) is 25.0 Å². The lowest BCUT2D eigenvalue weighted by molar-refractivity contribution is 0.266. The molecule has 0 radical (unpaired) electrons. The van der Waals surface area contributed by atoms with Crippen LogP contribution in [0, 0.1) is 0 Å². The van der Waals surface area contributed by atoms with E-state index in [0.29, 0.717) is 13.0 Å². The lowest BCUT2D eigenvalue weighted by Gasteiger charge is -2.28. The first-order valence-corrected chi connectivity index (χ1v) is 12.7. The van der Waals surface area contributed by atoms with Crippen LogP contribution in [-0.2, 0) is 32.5 Å². The van der Waals surface area contributed by atoms with Crippen molar-refractivity contribution in [3.05, 3.63) is 59.9 Å². The molecular weight excluding hydrogens is 396 g/mol. The first-order chi connectivity index (χ1) is 13.2. The van der Waals surface area contributed by atoms with Crippen molar-refractivity contribution in [3.8, 4) is 0 Å². The second-order valence-corrected chi connectivity index (χ2v) is 11.6. The Morgan fingerprint density at radius 2 is 1.68 bits per heavy atom. The normalized spacial score (nSPS) is 21.8. The number of aromatic nitrogens is 1. The van der Waals surface area contributed by atoms with Crippen molar-refractivity contribution >= 4 is 19.7 Å². The summed E-state index contributed by atoms with van der Waals surface area (Å²) in [5, 5.41) is -0.951. The molecule has 0 N–H and O–H groups in total. The molecule has 1 saturated heterocycles. The largest absolute Gasteiger partial charge is 0.301 e. The van der Waals surface area contributed by atoms with E-state index >= 15 is 0 Å². The molecule has 2 heterocycles. The van der Waals surface area contributed by atoms with Gasteiger partial charge in [0.25, 0.3) is 0 Å². The molecule has 3 rings (SSSR count). The Hall–Kier alpha value is -1.77. The summed E-state index contributed by atoms with van der Waals surface area (Å²) < 4.78 is 51.0. The summed E-state index contributed by atoms with van der Waals surface area (Å²) in [5.74, 6) is -0.452. The van der Waals surface area contributed by atoms with Crippen molar-refractivity contribution in [2.24, 2.45) is 0 Å². The molecule has 28 heavy (non-hydrogen) atoms. The number of aryl methyl sites for hydroxylation is 1. The topological polar surface area (TPSA) is 84.4 Å². The SMILES string of the molecule is CCc1ccc(S(=O)(=O)[C@@H]2CS(=O)(=O)C[C@H]2N(C)CCc2ccncc2)cc1. The van der Waals surface area contributed by atoms with Gasteiger partial charge < -0.3 is 4.90 Å². The minimum absolute atomic E-state index is 0.128. The van der Waals surface area contributed by atoms with E-state index in [-0.39, 0.29) is 16.4 Å². The molecule has 2 atom stereocenters. The summed E-state index contributed by atoms with van der Waals surface area (Å²) in [5.41, 5.74) is 2.13. The highest BCUT2D eigenvalue weighted by atomic mass is 32.2. The Kier molecular flexibility index (Phi) is 6.21. The molecule has 0 spiro atoms. The number of hydrogen-bond donors (Lipinski definition) is 0. The van der Waals surface area contributed by atoms with Crippen molar-refractivity contribution < 1.29 is 16.8 Å². The molecule has 6 nitrogen and oxygen atoms in total. The van der Waals surface area contributed by atoms with Gasteiger partial charge in [0.2, 0.25) is 0 Å². The monoisotopic (exact) mass is 422 g/mol. The van der Waals surface area contributed by atoms with Crippen molar-refractivity contribution in [1.82, 2.24) is 9.88 Å². The maximum absolute atomic E-state index is 13.2. The molecular formula is C20H26N2O4S2. The molecule has 2 aromatic rings. The van der Waals surface area contributed by atoms with Crippen LogP contribution in [0.5, 0.6) is 0 Å². The van der Waals surface area contributed by atoms with Crippen LogP contribution in [0.15, 0.2) is 53.7 Å². The molecule has 1 aliphatic heterocycles. The molecule has 0 unspecified atom stereocenters. The number of nitrogens with zero attached hydrogens (tertiary/aromatic N) is 2. The predicted molar refractivity (Wildman–Crippen MR) is 110 cm³/mol. The molecule has 1 aliphatic rings. The van der Waals surface area contributed by atoms with Gasteiger partial charge in [0.05, 0.1) is 21.7 Å². The number of benzene rings is 1. The van der Waals surface area contributed by atoms with Gasteiger partial charge in [-0.3, -0.25) is 4.98 Å². The molecule has 8 heteroatoms. The van der Waals surface area contributed by atoms with Crippen LogP contribution in [0.2, 0.25) is 0 Å². The highest BCUT2D eigenvalue weighted by Gasteiger charge is 2.47. The number of likely N-dealkylation sites (N-methyl/N-ethyl adjacent to an activating group) is 1. The zero-order chi connectivity index (χ0) is 20.4. The van der Waals surface area contributed by atoms with E-state index in [1.165, 1.54) is 0 Å². The van der Waals surface area contributed by atoms with Crippen LogP contribution in [-0.4, -0.2) is 63.1 Å². The zero-order valence-corrected chi connectivity index (χ0v) is 17.8. The fourth-order valence-electron chi connectivity index (χ4n) is 3.61. The first-order valence-electron chi connectivity index (χ1n) is 9.35. The van der Waals surface area contributed by atoms with Crippen LogP contribution in [0.3, 0.4) is 0 Å².